The van der Waals surface area contributed by atoms with Gasteiger partial charge in [0.25, 0.3) is 0 Å². The lowest BCUT2D eigenvalue weighted by atomic mass is 10.2. The third kappa shape index (κ3) is 2.74. The van der Waals surface area contributed by atoms with Gasteiger partial charge in [-0.05, 0) is 19.3 Å². The molecule has 0 radical (unpaired) electrons. The molecule has 0 spiro atoms. The summed E-state index contributed by atoms with van der Waals surface area (Å²) in [5, 5.41) is 0. The van der Waals surface area contributed by atoms with E-state index in [1.165, 1.54) is 12.8 Å². The number of nitrogen functional groups attached to an aromatic ring is 1. The summed E-state index contributed by atoms with van der Waals surface area (Å²) in [6.07, 6.45) is 3.62. The predicted molar refractivity (Wildman–Crippen MR) is 82.5 cm³/mol. The van der Waals surface area contributed by atoms with Crippen molar-refractivity contribution >= 4 is 11.6 Å². The van der Waals surface area contributed by atoms with E-state index in [-0.39, 0.29) is 0 Å². The molecule has 1 heterocycles. The van der Waals surface area contributed by atoms with Gasteiger partial charge in [-0.1, -0.05) is 37.3 Å². The third-order valence-electron chi connectivity index (χ3n) is 3.51. The van der Waals surface area contributed by atoms with Crippen molar-refractivity contribution in [3.8, 4) is 11.4 Å². The van der Waals surface area contributed by atoms with Crippen LogP contribution in [0, 0.1) is 0 Å². The van der Waals surface area contributed by atoms with E-state index in [0.29, 0.717) is 17.7 Å². The number of nitrogens with zero attached hydrogens (tertiary/aromatic N) is 3. The molecule has 1 aromatic carbocycles. The maximum atomic E-state index is 5.97. The van der Waals surface area contributed by atoms with Crippen molar-refractivity contribution in [1.82, 2.24) is 9.97 Å². The summed E-state index contributed by atoms with van der Waals surface area (Å²) < 4.78 is 0. The molecule has 2 aromatic rings. The Morgan fingerprint density at radius 3 is 2.60 bits per heavy atom. The zero-order chi connectivity index (χ0) is 13.9. The number of aromatic nitrogens is 2. The maximum absolute atomic E-state index is 5.97. The molecule has 1 aromatic heterocycles. The normalized spacial score (nSPS) is 14.2. The molecule has 1 fully saturated rings. The van der Waals surface area contributed by atoms with Crippen LogP contribution in [-0.2, 0) is 0 Å². The van der Waals surface area contributed by atoms with Gasteiger partial charge in [0.05, 0.1) is 0 Å². The summed E-state index contributed by atoms with van der Waals surface area (Å²) in [5.74, 6) is 2.21. The first-order valence-corrected chi connectivity index (χ1v) is 7.24. The molecule has 3 rings (SSSR count). The van der Waals surface area contributed by atoms with Crippen LogP contribution in [0.2, 0.25) is 0 Å². The van der Waals surface area contributed by atoms with Crippen molar-refractivity contribution in [2.75, 3.05) is 17.2 Å². The van der Waals surface area contributed by atoms with E-state index in [4.69, 9.17) is 10.7 Å². The van der Waals surface area contributed by atoms with Crippen molar-refractivity contribution in [3.05, 3.63) is 36.4 Å². The Hall–Kier alpha value is -2.10. The molecular weight excluding hydrogens is 248 g/mol. The van der Waals surface area contributed by atoms with Crippen LogP contribution in [0.25, 0.3) is 11.4 Å². The van der Waals surface area contributed by atoms with Crippen molar-refractivity contribution < 1.29 is 0 Å². The van der Waals surface area contributed by atoms with E-state index in [1.54, 1.807) is 0 Å². The highest BCUT2D eigenvalue weighted by atomic mass is 15.2. The van der Waals surface area contributed by atoms with Crippen molar-refractivity contribution in [2.24, 2.45) is 0 Å². The van der Waals surface area contributed by atoms with Gasteiger partial charge < -0.3 is 10.6 Å². The van der Waals surface area contributed by atoms with Gasteiger partial charge in [0.1, 0.15) is 11.6 Å². The minimum Gasteiger partial charge on any atom is -0.384 e. The monoisotopic (exact) mass is 268 g/mol. The number of benzene rings is 1. The molecule has 0 aliphatic heterocycles. The second-order valence-corrected chi connectivity index (χ2v) is 5.27. The standard InChI is InChI=1S/C16H20N4/c1-2-10-20(13-8-9-13)15-11-14(17)18-16(19-15)12-6-4-3-5-7-12/h3-7,11,13H,2,8-10H2,1H3,(H2,17,18,19). The summed E-state index contributed by atoms with van der Waals surface area (Å²) in [5.41, 5.74) is 6.98. The summed E-state index contributed by atoms with van der Waals surface area (Å²) >= 11 is 0. The van der Waals surface area contributed by atoms with E-state index >= 15 is 0 Å². The molecule has 0 atom stereocenters. The molecule has 1 saturated carbocycles. The van der Waals surface area contributed by atoms with Crippen LogP contribution >= 0.6 is 0 Å². The minimum absolute atomic E-state index is 0.538. The Morgan fingerprint density at radius 2 is 1.95 bits per heavy atom. The first-order valence-electron chi connectivity index (χ1n) is 7.24. The van der Waals surface area contributed by atoms with Crippen LogP contribution in [0.1, 0.15) is 26.2 Å². The molecule has 4 nitrogen and oxygen atoms in total. The van der Waals surface area contributed by atoms with Gasteiger partial charge in [-0.3, -0.25) is 0 Å². The average Bonchev–Trinajstić information content (AvgIpc) is 3.29. The minimum atomic E-state index is 0.538. The van der Waals surface area contributed by atoms with Gasteiger partial charge in [0.2, 0.25) is 0 Å². The zero-order valence-corrected chi connectivity index (χ0v) is 11.8. The van der Waals surface area contributed by atoms with Crippen LogP contribution < -0.4 is 10.6 Å². The summed E-state index contributed by atoms with van der Waals surface area (Å²) in [6.45, 7) is 3.22. The lowest BCUT2D eigenvalue weighted by molar-refractivity contribution is 0.750. The Bertz CT molecular complexity index is 578. The third-order valence-corrected chi connectivity index (χ3v) is 3.51. The highest BCUT2D eigenvalue weighted by Crippen LogP contribution is 2.32. The zero-order valence-electron chi connectivity index (χ0n) is 11.8. The van der Waals surface area contributed by atoms with E-state index in [1.807, 2.05) is 36.4 Å². The van der Waals surface area contributed by atoms with Gasteiger partial charge in [-0.15, -0.1) is 0 Å². The molecule has 104 valence electrons. The topological polar surface area (TPSA) is 55.0 Å². The number of hydrogen-bond donors (Lipinski definition) is 1. The molecular formula is C16H20N4. The molecule has 1 aliphatic rings. The number of rotatable bonds is 5. The number of anilines is 2. The lowest BCUT2D eigenvalue weighted by Gasteiger charge is -2.23. The highest BCUT2D eigenvalue weighted by molar-refractivity contribution is 5.61. The Labute approximate surface area is 119 Å². The van der Waals surface area contributed by atoms with E-state index in [0.717, 1.165) is 24.3 Å². The summed E-state index contributed by atoms with van der Waals surface area (Å²) in [4.78, 5) is 11.5. The SMILES string of the molecule is CCCN(c1cc(N)nc(-c2ccccc2)n1)C1CC1. The Balaban J connectivity index is 1.97. The molecule has 0 bridgehead atoms. The number of nitrogens with two attached hydrogens (primary N) is 1. The Kier molecular flexibility index (Phi) is 3.54. The highest BCUT2D eigenvalue weighted by Gasteiger charge is 2.29. The van der Waals surface area contributed by atoms with Crippen molar-refractivity contribution in [1.29, 1.82) is 0 Å². The van der Waals surface area contributed by atoms with Crippen LogP contribution in [0.15, 0.2) is 36.4 Å². The second kappa shape index (κ2) is 5.49. The fourth-order valence-corrected chi connectivity index (χ4v) is 2.43. The molecule has 0 unspecified atom stereocenters. The van der Waals surface area contributed by atoms with Gasteiger partial charge in [-0.2, -0.15) is 0 Å². The Morgan fingerprint density at radius 1 is 1.20 bits per heavy atom. The molecule has 1 aliphatic carbocycles. The first-order chi connectivity index (χ1) is 9.78. The van der Waals surface area contributed by atoms with Crippen LogP contribution in [0.4, 0.5) is 11.6 Å². The van der Waals surface area contributed by atoms with E-state index in [2.05, 4.69) is 16.8 Å². The quantitative estimate of drug-likeness (QED) is 0.905. The molecule has 2 N–H and O–H groups in total. The summed E-state index contributed by atoms with van der Waals surface area (Å²) in [6, 6.07) is 12.5. The largest absolute Gasteiger partial charge is 0.384 e. The van der Waals surface area contributed by atoms with E-state index in [9.17, 15) is 0 Å². The van der Waals surface area contributed by atoms with Gasteiger partial charge in [0.15, 0.2) is 5.82 Å². The predicted octanol–water partition coefficient (Wildman–Crippen LogP) is 3.10. The average molecular weight is 268 g/mol. The van der Waals surface area contributed by atoms with Crippen LogP contribution in [0.3, 0.4) is 0 Å². The van der Waals surface area contributed by atoms with Gasteiger partial charge in [-0.25, -0.2) is 9.97 Å². The summed E-state index contributed by atoms with van der Waals surface area (Å²) in [7, 11) is 0. The first kappa shape index (κ1) is 12.9. The molecule has 0 amide bonds. The van der Waals surface area contributed by atoms with Gasteiger partial charge in [0, 0.05) is 24.2 Å². The maximum Gasteiger partial charge on any atom is 0.163 e. The molecule has 0 saturated heterocycles. The smallest absolute Gasteiger partial charge is 0.163 e. The number of hydrogen-bond acceptors (Lipinski definition) is 4. The molecule has 20 heavy (non-hydrogen) atoms. The molecule has 4 heteroatoms. The van der Waals surface area contributed by atoms with Crippen LogP contribution in [-0.4, -0.2) is 22.6 Å². The van der Waals surface area contributed by atoms with E-state index < -0.39 is 0 Å². The van der Waals surface area contributed by atoms with Gasteiger partial charge >= 0.3 is 0 Å². The second-order valence-electron chi connectivity index (χ2n) is 5.27. The van der Waals surface area contributed by atoms with Crippen molar-refractivity contribution in [3.63, 3.8) is 0 Å². The van der Waals surface area contributed by atoms with Crippen molar-refractivity contribution in [2.45, 2.75) is 32.2 Å². The lowest BCUT2D eigenvalue weighted by Crippen LogP contribution is -2.27. The fraction of sp³-hybridized carbons (Fsp3) is 0.375. The fourth-order valence-electron chi connectivity index (χ4n) is 2.43. The van der Waals surface area contributed by atoms with Crippen LogP contribution in [0.5, 0.6) is 0 Å².